The predicted molar refractivity (Wildman–Crippen MR) is 97.1 cm³/mol. The topological polar surface area (TPSA) is 86.7 Å². The van der Waals surface area contributed by atoms with E-state index in [4.69, 9.17) is 8.37 Å². The maximum atomic E-state index is 11.6. The predicted octanol–water partition coefficient (Wildman–Crippen LogP) is 1.88. The van der Waals surface area contributed by atoms with Crippen LogP contribution in [0.2, 0.25) is 0 Å². The van der Waals surface area contributed by atoms with Crippen LogP contribution in [-0.2, 0) is 28.6 Å². The van der Waals surface area contributed by atoms with Gasteiger partial charge in [0.2, 0.25) is 0 Å². The minimum atomic E-state index is -3.57. The minimum absolute atomic E-state index is 0.0196. The first-order valence-electron chi connectivity index (χ1n) is 8.81. The fourth-order valence-electron chi connectivity index (χ4n) is 5.72. The van der Waals surface area contributed by atoms with Gasteiger partial charge in [0.05, 0.1) is 25.7 Å². The first kappa shape index (κ1) is 18.4. The number of allylic oxidation sites excluding steroid dienone is 6. The average Bonchev–Trinajstić information content (AvgIpc) is 2.51. The van der Waals surface area contributed by atoms with Gasteiger partial charge >= 0.3 is 0 Å². The molecule has 0 aromatic carbocycles. The molecule has 5 rings (SSSR count). The maximum Gasteiger partial charge on any atom is 0.264 e. The molecule has 0 radical (unpaired) electrons. The van der Waals surface area contributed by atoms with Crippen molar-refractivity contribution in [2.45, 2.75) is 12.8 Å². The van der Waals surface area contributed by atoms with Crippen molar-refractivity contribution in [2.24, 2.45) is 34.5 Å². The first-order chi connectivity index (χ1) is 12.1. The zero-order valence-corrected chi connectivity index (χ0v) is 16.5. The van der Waals surface area contributed by atoms with E-state index in [0.717, 1.165) is 25.4 Å². The van der Waals surface area contributed by atoms with Crippen LogP contribution in [0.3, 0.4) is 0 Å². The van der Waals surface area contributed by atoms with Gasteiger partial charge in [-0.3, -0.25) is 8.37 Å². The van der Waals surface area contributed by atoms with Gasteiger partial charge in [-0.05, 0) is 36.5 Å². The van der Waals surface area contributed by atoms with E-state index in [-0.39, 0.29) is 47.7 Å². The lowest BCUT2D eigenvalue weighted by Gasteiger charge is -2.70. The van der Waals surface area contributed by atoms with E-state index in [9.17, 15) is 16.8 Å². The van der Waals surface area contributed by atoms with Crippen molar-refractivity contribution in [3.63, 3.8) is 0 Å². The van der Waals surface area contributed by atoms with Crippen LogP contribution in [0.1, 0.15) is 12.8 Å². The molecule has 0 heterocycles. The molecule has 26 heavy (non-hydrogen) atoms. The maximum absolute atomic E-state index is 11.6. The third-order valence-corrected chi connectivity index (χ3v) is 7.89. The first-order valence-corrected chi connectivity index (χ1v) is 12.4. The number of rotatable bonds is 6. The molecular weight excluding hydrogens is 376 g/mol. The second-order valence-corrected chi connectivity index (χ2v) is 11.3. The fourth-order valence-corrected chi connectivity index (χ4v) is 6.53. The molecule has 0 saturated heterocycles. The molecular formula is C18H24O6S2. The second-order valence-electron chi connectivity index (χ2n) is 8.04. The van der Waals surface area contributed by atoms with Crippen LogP contribution in [-0.4, -0.2) is 42.6 Å². The van der Waals surface area contributed by atoms with Crippen LogP contribution in [0.25, 0.3) is 0 Å². The lowest BCUT2D eigenvalue weighted by molar-refractivity contribution is -0.130. The highest BCUT2D eigenvalue weighted by Crippen LogP contribution is 2.74. The lowest BCUT2D eigenvalue weighted by Crippen LogP contribution is -2.66. The summed E-state index contributed by atoms with van der Waals surface area (Å²) < 4.78 is 56.5. The molecule has 0 aromatic heterocycles. The van der Waals surface area contributed by atoms with Crippen LogP contribution in [0.4, 0.5) is 0 Å². The molecule has 5 aliphatic rings. The standard InChI is InChI=1S/C18H24O6S2/c1-25(19,20)23-11-13-14(12-24-26(2,21)22)16-6-5-15(13)17-7-3-4-8-18(16,17)10-9-17/h3-6,9-10,13-16H,7-8,11-12H2,1-2H3/t13-,14+,15-,16-,17-,18-/m1/s1. The van der Waals surface area contributed by atoms with Gasteiger partial charge in [-0.2, -0.15) is 16.8 Å². The van der Waals surface area contributed by atoms with Crippen molar-refractivity contribution in [2.75, 3.05) is 25.7 Å². The lowest BCUT2D eigenvalue weighted by atomic mass is 9.33. The summed E-state index contributed by atoms with van der Waals surface area (Å²) >= 11 is 0. The monoisotopic (exact) mass is 400 g/mol. The Bertz CT molecular complexity index is 828. The third-order valence-electron chi connectivity index (χ3n) is 6.76. The normalized spacial score (nSPS) is 43.0. The van der Waals surface area contributed by atoms with E-state index in [1.54, 1.807) is 0 Å². The van der Waals surface area contributed by atoms with E-state index in [1.807, 2.05) is 0 Å². The van der Waals surface area contributed by atoms with Crippen LogP contribution >= 0.6 is 0 Å². The Morgan fingerprint density at radius 2 is 1.19 bits per heavy atom. The van der Waals surface area contributed by atoms with Gasteiger partial charge in [0.25, 0.3) is 20.2 Å². The number of hydrogen-bond acceptors (Lipinski definition) is 6. The molecule has 0 amide bonds. The Hall–Kier alpha value is -0.960. The second kappa shape index (κ2) is 5.77. The average molecular weight is 401 g/mol. The largest absolute Gasteiger partial charge is 0.270 e. The molecule has 8 heteroatoms. The van der Waals surface area contributed by atoms with Crippen molar-refractivity contribution in [3.8, 4) is 0 Å². The molecule has 0 aromatic rings. The Kier molecular flexibility index (Phi) is 4.08. The third kappa shape index (κ3) is 2.65. The molecule has 6 atom stereocenters. The van der Waals surface area contributed by atoms with Crippen molar-refractivity contribution < 1.29 is 25.2 Å². The van der Waals surface area contributed by atoms with Crippen molar-refractivity contribution >= 4 is 20.2 Å². The molecule has 6 nitrogen and oxygen atoms in total. The van der Waals surface area contributed by atoms with Crippen LogP contribution in [0, 0.1) is 34.5 Å². The van der Waals surface area contributed by atoms with Crippen molar-refractivity contribution in [1.82, 2.24) is 0 Å². The van der Waals surface area contributed by atoms with Gasteiger partial charge in [0.15, 0.2) is 0 Å². The summed E-state index contributed by atoms with van der Waals surface area (Å²) in [6.45, 7) is 0.106. The Balaban J connectivity index is 1.70. The SMILES string of the molecule is CS(=O)(=O)OC[C@@H]1[C@H](COS(C)(=O)=O)[C@H]2C=C[C@H]1[C@@]13C=C[C@]21CC=CC3. The summed E-state index contributed by atoms with van der Waals surface area (Å²) in [6.07, 6.45) is 17.2. The van der Waals surface area contributed by atoms with Crippen molar-refractivity contribution in [1.29, 1.82) is 0 Å². The quantitative estimate of drug-likeness (QED) is 0.500. The van der Waals surface area contributed by atoms with Gasteiger partial charge in [-0.25, -0.2) is 0 Å². The number of hydrogen-bond donors (Lipinski definition) is 0. The summed E-state index contributed by atoms with van der Waals surface area (Å²) in [5, 5.41) is 0. The van der Waals surface area contributed by atoms with Crippen LogP contribution < -0.4 is 0 Å². The van der Waals surface area contributed by atoms with Gasteiger partial charge in [0, 0.05) is 10.8 Å². The molecule has 2 bridgehead atoms. The fraction of sp³-hybridized carbons (Fsp3) is 0.667. The molecule has 5 aliphatic carbocycles. The minimum Gasteiger partial charge on any atom is -0.270 e. The summed E-state index contributed by atoms with van der Waals surface area (Å²) in [5.74, 6) is 0.00632. The Morgan fingerprint density at radius 1 is 0.808 bits per heavy atom. The summed E-state index contributed by atoms with van der Waals surface area (Å²) in [7, 11) is -7.14. The van der Waals surface area contributed by atoms with Crippen molar-refractivity contribution in [3.05, 3.63) is 36.5 Å². The van der Waals surface area contributed by atoms with Crippen LogP contribution in [0.15, 0.2) is 36.5 Å². The Morgan fingerprint density at radius 3 is 1.50 bits per heavy atom. The summed E-state index contributed by atoms with van der Waals surface area (Å²) in [5.41, 5.74) is -0.0391. The highest BCUT2D eigenvalue weighted by molar-refractivity contribution is 7.86. The smallest absolute Gasteiger partial charge is 0.264 e. The molecule has 0 unspecified atom stereocenters. The molecule has 1 saturated carbocycles. The van der Waals surface area contributed by atoms with Gasteiger partial charge in [-0.15, -0.1) is 0 Å². The highest BCUT2D eigenvalue weighted by Gasteiger charge is 2.69. The molecule has 1 fully saturated rings. The van der Waals surface area contributed by atoms with Gasteiger partial charge in [-0.1, -0.05) is 36.5 Å². The number of fused-ring (bicyclic) bond motifs is 1. The molecule has 0 spiro atoms. The van der Waals surface area contributed by atoms with Gasteiger partial charge in [0.1, 0.15) is 0 Å². The summed E-state index contributed by atoms with van der Waals surface area (Å²) in [4.78, 5) is 0. The van der Waals surface area contributed by atoms with Crippen LogP contribution in [0.5, 0.6) is 0 Å². The van der Waals surface area contributed by atoms with E-state index in [2.05, 4.69) is 36.5 Å². The highest BCUT2D eigenvalue weighted by atomic mass is 32.2. The molecule has 144 valence electrons. The zero-order valence-electron chi connectivity index (χ0n) is 14.9. The van der Waals surface area contributed by atoms with E-state index >= 15 is 0 Å². The molecule has 0 N–H and O–H groups in total. The molecule has 0 aliphatic heterocycles. The Labute approximate surface area is 155 Å². The van der Waals surface area contributed by atoms with E-state index in [0.29, 0.717) is 0 Å². The zero-order chi connectivity index (χ0) is 18.8. The van der Waals surface area contributed by atoms with E-state index < -0.39 is 20.2 Å². The van der Waals surface area contributed by atoms with Gasteiger partial charge < -0.3 is 0 Å². The summed E-state index contributed by atoms with van der Waals surface area (Å²) in [6, 6.07) is 0. The van der Waals surface area contributed by atoms with E-state index in [1.165, 1.54) is 0 Å².